The Labute approximate surface area is 99.5 Å². The van der Waals surface area contributed by atoms with Gasteiger partial charge in [0, 0.05) is 6.07 Å². The van der Waals surface area contributed by atoms with E-state index in [2.05, 4.69) is 0 Å². The Morgan fingerprint density at radius 2 is 1.82 bits per heavy atom. The number of hydrogen-bond donors (Lipinski definition) is 2. The molecule has 0 bridgehead atoms. The molecule has 0 amide bonds. The molecule has 0 spiro atoms. The molecule has 1 aliphatic rings. The third-order valence-corrected chi connectivity index (χ3v) is 2.96. The molecule has 5 heteroatoms. The van der Waals surface area contributed by atoms with Gasteiger partial charge < -0.3 is 24.4 Å². The zero-order chi connectivity index (χ0) is 12.8. The highest BCUT2D eigenvalue weighted by molar-refractivity contribution is 5.63. The minimum Gasteiger partial charge on any atom is -0.504 e. The number of benzene rings is 1. The summed E-state index contributed by atoms with van der Waals surface area (Å²) in [6.07, 6.45) is -0.929. The van der Waals surface area contributed by atoms with Crippen molar-refractivity contribution in [2.24, 2.45) is 0 Å². The maximum atomic E-state index is 10.1. The molecule has 2 N–H and O–H groups in total. The molecule has 0 saturated heterocycles. The van der Waals surface area contributed by atoms with Crippen LogP contribution in [0.2, 0.25) is 0 Å². The molecule has 1 aromatic carbocycles. The topological polar surface area (TPSA) is 68.2 Å². The van der Waals surface area contributed by atoms with E-state index in [1.807, 2.05) is 0 Å². The number of hydrogen-bond acceptors (Lipinski definition) is 5. The number of aliphatic hydroxyl groups excluding tert-OH is 1. The van der Waals surface area contributed by atoms with Crippen LogP contribution in [0, 0.1) is 0 Å². The van der Waals surface area contributed by atoms with Crippen molar-refractivity contribution >= 4 is 0 Å². The molecule has 0 aliphatic carbocycles. The van der Waals surface area contributed by atoms with E-state index in [1.54, 1.807) is 13.8 Å². The van der Waals surface area contributed by atoms with Gasteiger partial charge >= 0.3 is 0 Å². The molecule has 17 heavy (non-hydrogen) atoms. The molecule has 0 radical (unpaired) electrons. The molecule has 1 unspecified atom stereocenters. The lowest BCUT2D eigenvalue weighted by molar-refractivity contribution is -0.000875. The first-order valence-electron chi connectivity index (χ1n) is 5.27. The molecule has 2 rings (SSSR count). The van der Waals surface area contributed by atoms with Crippen molar-refractivity contribution in [3.05, 3.63) is 11.6 Å². The molecule has 1 aromatic rings. The van der Waals surface area contributed by atoms with Crippen LogP contribution in [-0.2, 0) is 0 Å². The summed E-state index contributed by atoms with van der Waals surface area (Å²) in [5.41, 5.74) is -0.495. The second kappa shape index (κ2) is 3.70. The molecule has 0 saturated carbocycles. The number of phenols is 1. The molecular formula is C12H16O5. The van der Waals surface area contributed by atoms with Crippen LogP contribution in [-0.4, -0.2) is 30.0 Å². The van der Waals surface area contributed by atoms with Crippen molar-refractivity contribution in [3.63, 3.8) is 0 Å². The lowest BCUT2D eigenvalue weighted by Crippen LogP contribution is -2.29. The summed E-state index contributed by atoms with van der Waals surface area (Å²) >= 11 is 0. The smallest absolute Gasteiger partial charge is 0.172 e. The first-order chi connectivity index (χ1) is 7.92. The molecule has 5 nitrogen and oxygen atoms in total. The normalized spacial score (nSPS) is 20.6. The van der Waals surface area contributed by atoms with E-state index in [9.17, 15) is 10.2 Å². The zero-order valence-corrected chi connectivity index (χ0v) is 10.3. The van der Waals surface area contributed by atoms with E-state index in [4.69, 9.17) is 14.2 Å². The summed E-state index contributed by atoms with van der Waals surface area (Å²) in [6, 6.07) is 1.53. The van der Waals surface area contributed by atoms with Gasteiger partial charge in [0.1, 0.15) is 11.7 Å². The second-order valence-electron chi connectivity index (χ2n) is 4.48. The van der Waals surface area contributed by atoms with Crippen molar-refractivity contribution < 1.29 is 24.4 Å². The van der Waals surface area contributed by atoms with Gasteiger partial charge in [-0.05, 0) is 13.8 Å². The van der Waals surface area contributed by atoms with Gasteiger partial charge in [-0.1, -0.05) is 0 Å². The van der Waals surface area contributed by atoms with Gasteiger partial charge in [0.05, 0.1) is 19.8 Å². The van der Waals surface area contributed by atoms with Crippen LogP contribution < -0.4 is 14.2 Å². The average molecular weight is 240 g/mol. The van der Waals surface area contributed by atoms with Crippen LogP contribution >= 0.6 is 0 Å². The van der Waals surface area contributed by atoms with Gasteiger partial charge in [0.25, 0.3) is 0 Å². The summed E-state index contributed by atoms with van der Waals surface area (Å²) in [5, 5.41) is 20.1. The molecule has 1 atom stereocenters. The Balaban J connectivity index is 2.67. The van der Waals surface area contributed by atoms with Gasteiger partial charge in [-0.3, -0.25) is 0 Å². The monoisotopic (exact) mass is 240 g/mol. The molecule has 1 aliphatic heterocycles. The molecule has 0 aromatic heterocycles. The fourth-order valence-corrected chi connectivity index (χ4v) is 1.96. The first kappa shape index (κ1) is 11.9. The van der Waals surface area contributed by atoms with E-state index >= 15 is 0 Å². The van der Waals surface area contributed by atoms with Crippen LogP contribution in [0.4, 0.5) is 0 Å². The number of rotatable bonds is 2. The van der Waals surface area contributed by atoms with Crippen LogP contribution in [0.3, 0.4) is 0 Å². The summed E-state index contributed by atoms with van der Waals surface area (Å²) in [7, 11) is 2.93. The second-order valence-corrected chi connectivity index (χ2v) is 4.48. The Bertz CT molecular complexity index is 453. The van der Waals surface area contributed by atoms with E-state index in [0.717, 1.165) is 0 Å². The Hall–Kier alpha value is -1.62. The number of ether oxygens (including phenoxy) is 3. The molecule has 94 valence electrons. The van der Waals surface area contributed by atoms with E-state index in [-0.39, 0.29) is 11.5 Å². The van der Waals surface area contributed by atoms with E-state index in [0.29, 0.717) is 17.1 Å². The van der Waals surface area contributed by atoms with Gasteiger partial charge in [-0.25, -0.2) is 0 Å². The molecule has 0 fully saturated rings. The predicted octanol–water partition coefficient (Wildman–Crippen LogP) is 1.61. The maximum absolute atomic E-state index is 10.1. The Morgan fingerprint density at radius 3 is 2.35 bits per heavy atom. The summed E-state index contributed by atoms with van der Waals surface area (Å²) in [6.45, 7) is 3.48. The van der Waals surface area contributed by atoms with Crippen LogP contribution in [0.25, 0.3) is 0 Å². The van der Waals surface area contributed by atoms with Gasteiger partial charge in [0.15, 0.2) is 23.0 Å². The van der Waals surface area contributed by atoms with Crippen molar-refractivity contribution in [2.75, 3.05) is 14.2 Å². The third kappa shape index (κ3) is 1.58. The van der Waals surface area contributed by atoms with Gasteiger partial charge in [0.2, 0.25) is 0 Å². The number of phenolic OH excluding ortho intramolecular Hbond substituents is 1. The van der Waals surface area contributed by atoms with Gasteiger partial charge in [-0.2, -0.15) is 0 Å². The summed E-state index contributed by atoms with van der Waals surface area (Å²) in [4.78, 5) is 0. The van der Waals surface area contributed by atoms with Crippen LogP contribution in [0.15, 0.2) is 6.07 Å². The van der Waals surface area contributed by atoms with E-state index in [1.165, 1.54) is 20.3 Å². The lowest BCUT2D eigenvalue weighted by atomic mass is 9.96. The summed E-state index contributed by atoms with van der Waals surface area (Å²) in [5.74, 6) is 0.935. The standard InChI is InChI=1S/C12H16O5/c1-12(2)11(14)8-9(13)6(15-3)5-7(16-4)10(8)17-12/h5,11,13-14H,1-4H3. The fourth-order valence-electron chi connectivity index (χ4n) is 1.96. The number of aromatic hydroxyl groups is 1. The molecule has 1 heterocycles. The molecular weight excluding hydrogens is 224 g/mol. The number of methoxy groups -OCH3 is 2. The first-order valence-corrected chi connectivity index (χ1v) is 5.27. The average Bonchev–Trinajstić information content (AvgIpc) is 2.52. The lowest BCUT2D eigenvalue weighted by Gasteiger charge is -2.21. The Morgan fingerprint density at radius 1 is 1.24 bits per heavy atom. The number of fused-ring (bicyclic) bond motifs is 1. The maximum Gasteiger partial charge on any atom is 0.172 e. The quantitative estimate of drug-likeness (QED) is 0.822. The van der Waals surface area contributed by atoms with Crippen molar-refractivity contribution in [1.29, 1.82) is 0 Å². The zero-order valence-electron chi connectivity index (χ0n) is 10.3. The van der Waals surface area contributed by atoms with E-state index < -0.39 is 11.7 Å². The Kier molecular flexibility index (Phi) is 2.58. The van der Waals surface area contributed by atoms with Crippen molar-refractivity contribution in [1.82, 2.24) is 0 Å². The predicted molar refractivity (Wildman–Crippen MR) is 60.9 cm³/mol. The highest BCUT2D eigenvalue weighted by Crippen LogP contribution is 2.54. The summed E-state index contributed by atoms with van der Waals surface area (Å²) < 4.78 is 15.8. The fraction of sp³-hybridized carbons (Fsp3) is 0.500. The minimum atomic E-state index is -0.929. The van der Waals surface area contributed by atoms with Crippen molar-refractivity contribution in [3.8, 4) is 23.0 Å². The largest absolute Gasteiger partial charge is 0.504 e. The highest BCUT2D eigenvalue weighted by atomic mass is 16.5. The SMILES string of the molecule is COc1cc(OC)c2c(c1O)C(O)C(C)(C)O2. The van der Waals surface area contributed by atoms with Crippen LogP contribution in [0.5, 0.6) is 23.0 Å². The highest BCUT2D eigenvalue weighted by Gasteiger charge is 2.44. The van der Waals surface area contributed by atoms with Gasteiger partial charge in [-0.15, -0.1) is 0 Å². The number of aliphatic hydroxyl groups is 1. The third-order valence-electron chi connectivity index (χ3n) is 2.96. The van der Waals surface area contributed by atoms with Crippen molar-refractivity contribution in [2.45, 2.75) is 25.6 Å². The minimum absolute atomic E-state index is 0.110. The van der Waals surface area contributed by atoms with Crippen LogP contribution in [0.1, 0.15) is 25.5 Å².